The fourth-order valence-corrected chi connectivity index (χ4v) is 4.32. The summed E-state index contributed by atoms with van der Waals surface area (Å²) in [7, 11) is 0. The van der Waals surface area contributed by atoms with Gasteiger partial charge in [0.1, 0.15) is 12.2 Å². The average molecular weight is 403 g/mol. The number of hydrogen-bond acceptors (Lipinski definition) is 4. The zero-order valence-corrected chi connectivity index (χ0v) is 17.2. The van der Waals surface area contributed by atoms with Crippen LogP contribution in [0.5, 0.6) is 0 Å². The maximum atomic E-state index is 12.8. The van der Waals surface area contributed by atoms with E-state index in [0.717, 1.165) is 11.1 Å². The first-order valence-corrected chi connectivity index (χ1v) is 10.2. The van der Waals surface area contributed by atoms with Gasteiger partial charge in [0.05, 0.1) is 18.7 Å². The molecule has 154 valence electrons. The second-order valence-corrected chi connectivity index (χ2v) is 8.09. The van der Waals surface area contributed by atoms with Crippen LogP contribution in [0, 0.1) is 17.8 Å². The van der Waals surface area contributed by atoms with Crippen LogP contribution in [-0.2, 0) is 4.79 Å². The molecule has 2 aliphatic rings. The molecule has 6 nitrogen and oxygen atoms in total. The zero-order valence-electron chi connectivity index (χ0n) is 17.2. The molecule has 0 radical (unpaired) electrons. The number of fused-ring (bicyclic) bond motifs is 1. The van der Waals surface area contributed by atoms with E-state index >= 15 is 0 Å². The molecule has 3 atom stereocenters. The standard InChI is InChI=1S/C24H25N3O3/c1-16(2)6-7-17-8-10-18(11-9-17)23-20-13-26(14-22(29)27(20)21(23)15-28)24(30)19-5-3-4-12-25-19/h3-5,8-12,16,20-21,23,28H,13-15H2,1-2H3/t20-,21-,23-/m0/s1. The maximum absolute atomic E-state index is 12.8. The molecule has 2 aromatic rings. The number of nitrogens with zero attached hydrogens (tertiary/aromatic N) is 3. The van der Waals surface area contributed by atoms with Crippen molar-refractivity contribution in [3.8, 4) is 11.8 Å². The Labute approximate surface area is 176 Å². The Morgan fingerprint density at radius 1 is 1.23 bits per heavy atom. The van der Waals surface area contributed by atoms with Gasteiger partial charge in [0, 0.05) is 30.1 Å². The molecule has 0 bridgehead atoms. The SMILES string of the molecule is CC(C)C#Cc1ccc([C@@H]2[C@H](CO)N3C(=O)CN(C(=O)c4ccccn4)C[C@@H]23)cc1. The van der Waals surface area contributed by atoms with Crippen LogP contribution in [0.4, 0.5) is 0 Å². The highest BCUT2D eigenvalue weighted by Gasteiger charge is 2.54. The minimum absolute atomic E-state index is 0.0128. The van der Waals surface area contributed by atoms with E-state index in [1.165, 1.54) is 0 Å². The summed E-state index contributed by atoms with van der Waals surface area (Å²) in [5, 5.41) is 9.92. The van der Waals surface area contributed by atoms with Crippen LogP contribution in [0.25, 0.3) is 0 Å². The van der Waals surface area contributed by atoms with Crippen LogP contribution in [0.2, 0.25) is 0 Å². The summed E-state index contributed by atoms with van der Waals surface area (Å²) in [5.74, 6) is 6.21. The molecule has 1 N–H and O–H groups in total. The van der Waals surface area contributed by atoms with Crippen molar-refractivity contribution in [2.45, 2.75) is 31.8 Å². The van der Waals surface area contributed by atoms with Gasteiger partial charge in [0.2, 0.25) is 5.91 Å². The maximum Gasteiger partial charge on any atom is 0.272 e. The molecule has 1 aromatic carbocycles. The fraction of sp³-hybridized carbons (Fsp3) is 0.375. The molecule has 6 heteroatoms. The van der Waals surface area contributed by atoms with Gasteiger partial charge < -0.3 is 14.9 Å². The van der Waals surface area contributed by atoms with E-state index < -0.39 is 0 Å². The van der Waals surface area contributed by atoms with Crippen LogP contribution in [0.1, 0.15) is 41.4 Å². The third-order valence-corrected chi connectivity index (χ3v) is 5.72. The first kappa shape index (κ1) is 20.1. The number of carbonyl (C=O) groups is 2. The largest absolute Gasteiger partial charge is 0.394 e. The van der Waals surface area contributed by atoms with Crippen molar-refractivity contribution in [3.05, 3.63) is 65.5 Å². The first-order valence-electron chi connectivity index (χ1n) is 10.2. The number of aliphatic hydroxyl groups excluding tert-OH is 1. The first-order chi connectivity index (χ1) is 14.5. The molecule has 2 saturated heterocycles. The molecule has 0 saturated carbocycles. The molecule has 2 amide bonds. The van der Waals surface area contributed by atoms with Gasteiger partial charge in [0.25, 0.3) is 5.91 Å². The van der Waals surface area contributed by atoms with Gasteiger partial charge in [-0.2, -0.15) is 0 Å². The number of rotatable bonds is 3. The van der Waals surface area contributed by atoms with Crippen LogP contribution in [0.15, 0.2) is 48.7 Å². The summed E-state index contributed by atoms with van der Waals surface area (Å²) in [6, 6.07) is 12.7. The number of hydrogen-bond donors (Lipinski definition) is 1. The molecule has 1 aromatic heterocycles. The van der Waals surface area contributed by atoms with Gasteiger partial charge >= 0.3 is 0 Å². The quantitative estimate of drug-likeness (QED) is 0.795. The van der Waals surface area contributed by atoms with Crippen molar-refractivity contribution in [1.82, 2.24) is 14.8 Å². The van der Waals surface area contributed by atoms with E-state index in [1.807, 2.05) is 38.1 Å². The molecule has 0 unspecified atom stereocenters. The molecule has 2 fully saturated rings. The number of carbonyl (C=O) groups excluding carboxylic acids is 2. The number of aromatic nitrogens is 1. The lowest BCUT2D eigenvalue weighted by Crippen LogP contribution is -2.73. The lowest BCUT2D eigenvalue weighted by Gasteiger charge is -2.58. The van der Waals surface area contributed by atoms with Gasteiger partial charge in [0.15, 0.2) is 0 Å². The normalized spacial score (nSPS) is 22.8. The second-order valence-electron chi connectivity index (χ2n) is 8.09. The van der Waals surface area contributed by atoms with Crippen molar-refractivity contribution < 1.29 is 14.7 Å². The Kier molecular flexibility index (Phi) is 5.56. The summed E-state index contributed by atoms with van der Waals surface area (Å²) in [6.45, 7) is 4.44. The Bertz CT molecular complexity index is 992. The molecule has 30 heavy (non-hydrogen) atoms. The molecule has 0 aliphatic carbocycles. The van der Waals surface area contributed by atoms with Crippen molar-refractivity contribution in [1.29, 1.82) is 0 Å². The summed E-state index contributed by atoms with van der Waals surface area (Å²) in [6.07, 6.45) is 1.57. The number of pyridine rings is 1. The van der Waals surface area contributed by atoms with Crippen molar-refractivity contribution in [2.75, 3.05) is 19.7 Å². The van der Waals surface area contributed by atoms with Crippen LogP contribution < -0.4 is 0 Å². The van der Waals surface area contributed by atoms with Gasteiger partial charge in [-0.15, -0.1) is 0 Å². The molecule has 0 spiro atoms. The van der Waals surface area contributed by atoms with E-state index in [4.69, 9.17) is 0 Å². The van der Waals surface area contributed by atoms with E-state index in [9.17, 15) is 14.7 Å². The van der Waals surface area contributed by atoms with Gasteiger partial charge in [-0.25, -0.2) is 0 Å². The third-order valence-electron chi connectivity index (χ3n) is 5.72. The molecule has 2 aliphatic heterocycles. The minimum atomic E-state index is -0.262. The topological polar surface area (TPSA) is 73.7 Å². The van der Waals surface area contributed by atoms with Crippen molar-refractivity contribution in [2.24, 2.45) is 5.92 Å². The number of aliphatic hydroxyl groups is 1. The lowest BCUT2D eigenvalue weighted by atomic mass is 9.73. The Balaban J connectivity index is 1.55. The third kappa shape index (κ3) is 3.69. The van der Waals surface area contributed by atoms with Gasteiger partial charge in [-0.3, -0.25) is 14.6 Å². The Morgan fingerprint density at radius 3 is 2.63 bits per heavy atom. The van der Waals surface area contributed by atoms with Crippen molar-refractivity contribution in [3.63, 3.8) is 0 Å². The zero-order chi connectivity index (χ0) is 21.3. The van der Waals surface area contributed by atoms with Crippen LogP contribution in [0.3, 0.4) is 0 Å². The van der Waals surface area contributed by atoms with Gasteiger partial charge in [-0.05, 0) is 29.8 Å². The number of piperazine rings is 1. The van der Waals surface area contributed by atoms with E-state index in [-0.39, 0.29) is 43.0 Å². The smallest absolute Gasteiger partial charge is 0.272 e. The Morgan fingerprint density at radius 2 is 2.00 bits per heavy atom. The highest BCUT2D eigenvalue weighted by Crippen LogP contribution is 2.43. The monoisotopic (exact) mass is 403 g/mol. The lowest BCUT2D eigenvalue weighted by molar-refractivity contribution is -0.159. The van der Waals surface area contributed by atoms with E-state index in [1.54, 1.807) is 34.2 Å². The van der Waals surface area contributed by atoms with Crippen LogP contribution >= 0.6 is 0 Å². The summed E-state index contributed by atoms with van der Waals surface area (Å²) >= 11 is 0. The minimum Gasteiger partial charge on any atom is -0.394 e. The second kappa shape index (κ2) is 8.29. The number of benzene rings is 1. The molecular weight excluding hydrogens is 378 g/mol. The van der Waals surface area contributed by atoms with Crippen LogP contribution in [-0.4, -0.2) is 63.5 Å². The summed E-state index contributed by atoms with van der Waals surface area (Å²) in [5.41, 5.74) is 2.32. The highest BCUT2D eigenvalue weighted by molar-refractivity contribution is 5.96. The summed E-state index contributed by atoms with van der Waals surface area (Å²) in [4.78, 5) is 33.0. The Hall–Kier alpha value is -3.17. The molecule has 3 heterocycles. The van der Waals surface area contributed by atoms with Crippen molar-refractivity contribution >= 4 is 11.8 Å². The number of amides is 2. The van der Waals surface area contributed by atoms with Gasteiger partial charge in [-0.1, -0.05) is 43.9 Å². The molecule has 4 rings (SSSR count). The summed E-state index contributed by atoms with van der Waals surface area (Å²) < 4.78 is 0. The average Bonchev–Trinajstić information content (AvgIpc) is 2.74. The predicted octanol–water partition coefficient (Wildman–Crippen LogP) is 1.90. The van der Waals surface area contributed by atoms with E-state index in [2.05, 4.69) is 16.8 Å². The predicted molar refractivity (Wildman–Crippen MR) is 113 cm³/mol. The molecular formula is C24H25N3O3. The fourth-order valence-electron chi connectivity index (χ4n) is 4.32. The van der Waals surface area contributed by atoms with E-state index in [0.29, 0.717) is 18.2 Å². The highest BCUT2D eigenvalue weighted by atomic mass is 16.3.